The van der Waals surface area contributed by atoms with Gasteiger partial charge in [-0.2, -0.15) is 0 Å². The Bertz CT molecular complexity index is 1080. The highest BCUT2D eigenvalue weighted by Gasteiger charge is 2.28. The van der Waals surface area contributed by atoms with Gasteiger partial charge >= 0.3 is 0 Å². The molecule has 2 aromatic carbocycles. The molecule has 11 heteroatoms. The number of hydrazine groups is 1. The zero-order valence-corrected chi connectivity index (χ0v) is 18.2. The fourth-order valence-electron chi connectivity index (χ4n) is 3.14. The van der Waals surface area contributed by atoms with Crippen LogP contribution in [0.25, 0.3) is 0 Å². The first-order valence-corrected chi connectivity index (χ1v) is 10.5. The summed E-state index contributed by atoms with van der Waals surface area (Å²) in [6.07, 6.45) is -0.934. The molecule has 3 rings (SSSR count). The van der Waals surface area contributed by atoms with Crippen LogP contribution < -0.4 is 21.4 Å². The molecular formula is C23H25N5O6. The number of anilines is 1. The molecule has 1 fully saturated rings. The summed E-state index contributed by atoms with van der Waals surface area (Å²) in [5.41, 5.74) is 4.62. The van der Waals surface area contributed by atoms with Crippen LogP contribution >= 0.6 is 0 Å². The third-order valence-corrected chi connectivity index (χ3v) is 4.92. The van der Waals surface area contributed by atoms with Crippen LogP contribution in [0.5, 0.6) is 0 Å². The summed E-state index contributed by atoms with van der Waals surface area (Å²) >= 11 is 0. The SMILES string of the molecule is [2H]C(=O)OCc1ccc(NC(=O)CNC(=O)[C@H](Cc2ccccc2)NC(=O)CN2NCC2=O)cc1. The molecule has 1 saturated heterocycles. The van der Waals surface area contributed by atoms with Gasteiger partial charge in [-0.05, 0) is 23.3 Å². The quantitative estimate of drug-likeness (QED) is 0.325. The second kappa shape index (κ2) is 12.1. The lowest BCUT2D eigenvalue weighted by atomic mass is 10.1. The molecule has 34 heavy (non-hydrogen) atoms. The van der Waals surface area contributed by atoms with Gasteiger partial charge in [0.25, 0.3) is 12.4 Å². The van der Waals surface area contributed by atoms with Crippen LogP contribution in [0.1, 0.15) is 12.5 Å². The summed E-state index contributed by atoms with van der Waals surface area (Å²) in [6, 6.07) is 14.6. The van der Waals surface area contributed by atoms with E-state index in [2.05, 4.69) is 26.1 Å². The summed E-state index contributed by atoms with van der Waals surface area (Å²) in [5, 5.41) is 8.92. The fourth-order valence-corrected chi connectivity index (χ4v) is 3.14. The van der Waals surface area contributed by atoms with Gasteiger partial charge in [-0.3, -0.25) is 29.0 Å². The number of nitrogens with one attached hydrogen (secondary N) is 4. The second-order valence-corrected chi connectivity index (χ2v) is 7.46. The Morgan fingerprint density at radius 1 is 1.09 bits per heavy atom. The Hall–Kier alpha value is -4.25. The topological polar surface area (TPSA) is 146 Å². The van der Waals surface area contributed by atoms with Crippen molar-refractivity contribution < 1.29 is 30.1 Å². The number of carbonyl (C=O) groups is 5. The zero-order chi connectivity index (χ0) is 25.2. The largest absolute Gasteiger partial charge is 0.463 e. The van der Waals surface area contributed by atoms with Crippen molar-refractivity contribution in [2.24, 2.45) is 0 Å². The van der Waals surface area contributed by atoms with E-state index in [0.29, 0.717) is 11.3 Å². The molecule has 0 bridgehead atoms. The van der Waals surface area contributed by atoms with Crippen LogP contribution in [0.15, 0.2) is 54.6 Å². The third-order valence-electron chi connectivity index (χ3n) is 4.92. The van der Waals surface area contributed by atoms with Crippen molar-refractivity contribution in [3.05, 3.63) is 65.7 Å². The zero-order valence-electron chi connectivity index (χ0n) is 19.2. The van der Waals surface area contributed by atoms with Crippen LogP contribution in [0.4, 0.5) is 5.69 Å². The first kappa shape index (κ1) is 22.9. The van der Waals surface area contributed by atoms with Crippen molar-refractivity contribution >= 4 is 35.8 Å². The van der Waals surface area contributed by atoms with Crippen molar-refractivity contribution in [3.63, 3.8) is 0 Å². The normalized spacial score (nSPS) is 13.7. The molecule has 0 aliphatic carbocycles. The molecule has 178 valence electrons. The van der Waals surface area contributed by atoms with Crippen LogP contribution in [-0.4, -0.2) is 60.8 Å². The maximum absolute atomic E-state index is 12.8. The Balaban J connectivity index is 1.52. The van der Waals surface area contributed by atoms with Gasteiger partial charge in [0, 0.05) is 12.1 Å². The number of hydrogen-bond acceptors (Lipinski definition) is 7. The molecule has 1 aliphatic heterocycles. The number of carbonyl (C=O) groups excluding carboxylic acids is 5. The lowest BCUT2D eigenvalue weighted by molar-refractivity contribution is -0.149. The molecule has 0 radical (unpaired) electrons. The standard InChI is InChI=1S/C23H25N5O6/c29-15-34-14-17-6-8-18(9-7-17)26-20(30)11-24-23(33)19(10-16-4-2-1-3-5-16)27-21(31)13-28-22(32)12-25-28/h1-9,15,19,25H,10-14H2,(H,24,33)(H,26,30)(H,27,31)/t19-/m0/s1/i15D. The van der Waals surface area contributed by atoms with Crippen molar-refractivity contribution in [3.8, 4) is 0 Å². The van der Waals surface area contributed by atoms with Gasteiger partial charge in [0.05, 0.1) is 13.1 Å². The van der Waals surface area contributed by atoms with Gasteiger partial charge < -0.3 is 20.7 Å². The van der Waals surface area contributed by atoms with Gasteiger partial charge in [0.1, 0.15) is 19.2 Å². The maximum atomic E-state index is 12.8. The van der Waals surface area contributed by atoms with Gasteiger partial charge in [-0.1, -0.05) is 42.5 Å². The third kappa shape index (κ3) is 7.41. The number of ether oxygens (including phenoxy) is 1. The van der Waals surface area contributed by atoms with Crippen LogP contribution in [0, 0.1) is 0 Å². The average molecular weight is 468 g/mol. The summed E-state index contributed by atoms with van der Waals surface area (Å²) in [5.74, 6) is -1.76. The van der Waals surface area contributed by atoms with Gasteiger partial charge in [-0.15, -0.1) is 0 Å². The maximum Gasteiger partial charge on any atom is 0.293 e. The lowest BCUT2D eigenvalue weighted by Gasteiger charge is -2.31. The number of nitrogens with zero attached hydrogens (tertiary/aromatic N) is 1. The molecular weight excluding hydrogens is 442 g/mol. The van der Waals surface area contributed by atoms with Crippen molar-refractivity contribution in [1.29, 1.82) is 0 Å². The van der Waals surface area contributed by atoms with Gasteiger partial charge in [-0.25, -0.2) is 5.43 Å². The van der Waals surface area contributed by atoms with Crippen molar-refractivity contribution in [1.82, 2.24) is 21.1 Å². The monoisotopic (exact) mass is 468 g/mol. The van der Waals surface area contributed by atoms with E-state index in [0.717, 1.165) is 10.6 Å². The second-order valence-electron chi connectivity index (χ2n) is 7.46. The highest BCUT2D eigenvalue weighted by atomic mass is 16.5. The fraction of sp³-hybridized carbons (Fsp3) is 0.261. The Morgan fingerprint density at radius 2 is 1.82 bits per heavy atom. The lowest BCUT2D eigenvalue weighted by Crippen LogP contribution is -2.62. The predicted molar refractivity (Wildman–Crippen MR) is 121 cm³/mol. The van der Waals surface area contributed by atoms with E-state index in [1.807, 2.05) is 30.3 Å². The van der Waals surface area contributed by atoms with Gasteiger partial charge in [0.2, 0.25) is 17.7 Å². The number of hydrogen-bond donors (Lipinski definition) is 4. The van der Waals surface area contributed by atoms with E-state index >= 15 is 0 Å². The smallest absolute Gasteiger partial charge is 0.293 e. The van der Waals surface area contributed by atoms with E-state index in [-0.39, 0.29) is 38.6 Å². The molecule has 11 nitrogen and oxygen atoms in total. The molecule has 0 saturated carbocycles. The summed E-state index contributed by atoms with van der Waals surface area (Å²) in [7, 11) is 0. The van der Waals surface area contributed by atoms with Crippen LogP contribution in [0.3, 0.4) is 0 Å². The van der Waals surface area contributed by atoms with Crippen LogP contribution in [-0.2, 0) is 41.7 Å². The number of amides is 4. The summed E-state index contributed by atoms with van der Waals surface area (Å²) in [6.45, 7) is -0.444. The average Bonchev–Trinajstić information content (AvgIpc) is 2.84. The van der Waals surface area contributed by atoms with E-state index in [9.17, 15) is 24.0 Å². The molecule has 0 unspecified atom stereocenters. The van der Waals surface area contributed by atoms with Crippen molar-refractivity contribution in [2.75, 3.05) is 25.0 Å². The first-order valence-electron chi connectivity index (χ1n) is 11.0. The molecule has 1 atom stereocenters. The summed E-state index contributed by atoms with van der Waals surface area (Å²) < 4.78 is 11.3. The molecule has 0 aromatic heterocycles. The molecule has 2 aromatic rings. The number of benzene rings is 2. The predicted octanol–water partition coefficient (Wildman–Crippen LogP) is -0.511. The minimum atomic E-state index is -1.13. The van der Waals surface area contributed by atoms with Crippen LogP contribution in [0.2, 0.25) is 0 Å². The van der Waals surface area contributed by atoms with E-state index in [4.69, 9.17) is 1.37 Å². The van der Waals surface area contributed by atoms with Crippen molar-refractivity contribution in [2.45, 2.75) is 19.1 Å². The Kier molecular flexibility index (Phi) is 8.17. The molecule has 4 N–H and O–H groups in total. The number of rotatable bonds is 11. The molecule has 0 spiro atoms. The summed E-state index contributed by atoms with van der Waals surface area (Å²) in [4.78, 5) is 59.4. The molecule has 4 amide bonds. The van der Waals surface area contributed by atoms with E-state index < -0.39 is 30.2 Å². The minimum Gasteiger partial charge on any atom is -0.463 e. The first-order chi connectivity index (χ1) is 16.8. The highest BCUT2D eigenvalue weighted by Crippen LogP contribution is 2.10. The van der Waals surface area contributed by atoms with Gasteiger partial charge in [0.15, 0.2) is 1.37 Å². The highest BCUT2D eigenvalue weighted by molar-refractivity contribution is 5.96. The Labute approximate surface area is 197 Å². The minimum absolute atomic E-state index is 0.0525. The van der Waals surface area contributed by atoms with E-state index in [1.54, 1.807) is 24.3 Å². The molecule has 1 heterocycles. The molecule has 1 aliphatic rings. The Morgan fingerprint density at radius 3 is 2.44 bits per heavy atom. The van der Waals surface area contributed by atoms with E-state index in [1.165, 1.54) is 0 Å².